The monoisotopic (exact) mass is 370 g/mol. The minimum absolute atomic E-state index is 0.244. The molecule has 2 heterocycles. The first kappa shape index (κ1) is 20.6. The van der Waals surface area contributed by atoms with Gasteiger partial charge in [-0.05, 0) is 56.8 Å². The summed E-state index contributed by atoms with van der Waals surface area (Å²) >= 11 is 0. The molecule has 0 saturated carbocycles. The molecule has 144 valence electrons. The van der Waals surface area contributed by atoms with Gasteiger partial charge < -0.3 is 9.84 Å². The van der Waals surface area contributed by atoms with Crippen molar-refractivity contribution >= 4 is 16.8 Å². The molecular weight excluding hydrogens is 336 g/mol. The molecule has 1 unspecified atom stereocenters. The van der Waals surface area contributed by atoms with Crippen molar-refractivity contribution in [1.29, 1.82) is 0 Å². The second-order valence-electron chi connectivity index (χ2n) is 7.45. The molecule has 2 aliphatic rings. The van der Waals surface area contributed by atoms with Gasteiger partial charge in [0.05, 0.1) is 12.2 Å². The summed E-state index contributed by atoms with van der Waals surface area (Å²) in [5.41, 5.74) is 0. The fourth-order valence-electron chi connectivity index (χ4n) is 4.22. The molecule has 0 aromatic rings. The quantitative estimate of drug-likeness (QED) is 0.387. The van der Waals surface area contributed by atoms with Gasteiger partial charge in [0, 0.05) is 28.7 Å². The van der Waals surface area contributed by atoms with Gasteiger partial charge in [-0.2, -0.15) is 0 Å². The Balaban J connectivity index is 1.72. The number of unbranched alkanes of at least 4 members (excludes halogenated alkanes) is 3. The van der Waals surface area contributed by atoms with Crippen molar-refractivity contribution in [2.75, 3.05) is 11.5 Å². The van der Waals surface area contributed by atoms with Crippen LogP contribution in [0.5, 0.6) is 0 Å². The first-order chi connectivity index (χ1) is 12.1. The van der Waals surface area contributed by atoms with E-state index in [0.29, 0.717) is 30.5 Å². The number of rotatable bonds is 13. The highest BCUT2D eigenvalue weighted by Crippen LogP contribution is 2.46. The minimum atomic E-state index is -0.720. The molecule has 0 radical (unpaired) electrons. The molecule has 4 nitrogen and oxygen atoms in total. The second-order valence-corrected chi connectivity index (χ2v) is 9.15. The molecule has 0 aromatic carbocycles. The molecule has 2 rings (SSSR count). The molecule has 5 atom stereocenters. The van der Waals surface area contributed by atoms with Gasteiger partial charge in [0.1, 0.15) is 0 Å². The van der Waals surface area contributed by atoms with Crippen LogP contribution in [0.25, 0.3) is 0 Å². The van der Waals surface area contributed by atoms with Crippen molar-refractivity contribution < 1.29 is 18.8 Å². The SMILES string of the molecule is CCCCCS(=O)CC[C@H]1[C@@H](C/C=C\CCCC(=O)O)[C@H]2CC[C@@H]1O2. The van der Waals surface area contributed by atoms with Gasteiger partial charge in [0.15, 0.2) is 0 Å². The molecule has 0 aromatic heterocycles. The van der Waals surface area contributed by atoms with E-state index >= 15 is 0 Å². The van der Waals surface area contributed by atoms with Gasteiger partial charge in [-0.1, -0.05) is 31.9 Å². The maximum absolute atomic E-state index is 12.2. The van der Waals surface area contributed by atoms with Crippen molar-refractivity contribution in [1.82, 2.24) is 0 Å². The highest BCUT2D eigenvalue weighted by Gasteiger charge is 2.47. The lowest BCUT2D eigenvalue weighted by Gasteiger charge is -2.27. The molecular formula is C20H34O4S. The molecule has 2 bridgehead atoms. The van der Waals surface area contributed by atoms with E-state index in [1.807, 2.05) is 0 Å². The number of carboxylic acids is 1. The number of carbonyl (C=O) groups is 1. The molecule has 0 aliphatic carbocycles. The molecule has 5 heteroatoms. The predicted molar refractivity (Wildman–Crippen MR) is 102 cm³/mol. The smallest absolute Gasteiger partial charge is 0.303 e. The summed E-state index contributed by atoms with van der Waals surface area (Å²) in [6.45, 7) is 2.18. The minimum Gasteiger partial charge on any atom is -0.481 e. The van der Waals surface area contributed by atoms with E-state index in [4.69, 9.17) is 9.84 Å². The van der Waals surface area contributed by atoms with Gasteiger partial charge in [-0.3, -0.25) is 9.00 Å². The number of hydrogen-bond acceptors (Lipinski definition) is 3. The van der Waals surface area contributed by atoms with Crippen LogP contribution in [0.4, 0.5) is 0 Å². The largest absolute Gasteiger partial charge is 0.481 e. The summed E-state index contributed by atoms with van der Waals surface area (Å²) in [5, 5.41) is 8.66. The van der Waals surface area contributed by atoms with E-state index in [9.17, 15) is 9.00 Å². The molecule has 2 fully saturated rings. The third kappa shape index (κ3) is 6.86. The van der Waals surface area contributed by atoms with Crippen LogP contribution >= 0.6 is 0 Å². The van der Waals surface area contributed by atoms with Crippen molar-refractivity contribution in [3.05, 3.63) is 12.2 Å². The Hall–Kier alpha value is -0.680. The van der Waals surface area contributed by atoms with Crippen molar-refractivity contribution in [3.63, 3.8) is 0 Å². The van der Waals surface area contributed by atoms with Crippen LogP contribution in [0.2, 0.25) is 0 Å². The Morgan fingerprint density at radius 3 is 2.60 bits per heavy atom. The van der Waals surface area contributed by atoms with Crippen molar-refractivity contribution in [3.8, 4) is 0 Å². The van der Waals surface area contributed by atoms with Gasteiger partial charge in [0.2, 0.25) is 0 Å². The van der Waals surface area contributed by atoms with E-state index in [1.54, 1.807) is 0 Å². The first-order valence-corrected chi connectivity index (χ1v) is 11.5. The lowest BCUT2D eigenvalue weighted by Crippen LogP contribution is -2.28. The zero-order valence-electron chi connectivity index (χ0n) is 15.5. The van der Waals surface area contributed by atoms with E-state index < -0.39 is 16.8 Å². The third-order valence-corrected chi connectivity index (χ3v) is 7.02. The maximum atomic E-state index is 12.2. The van der Waals surface area contributed by atoms with Gasteiger partial charge in [-0.25, -0.2) is 0 Å². The molecule has 2 aliphatic heterocycles. The standard InChI is InChI=1S/C20H34O4S/c1-2-3-8-14-25(23)15-13-17-16(18-11-12-19(17)24-18)9-6-4-5-7-10-20(21)22/h4,6,16-19H,2-3,5,7-15H2,1H3,(H,21,22)/b6-4-/t16-,17+,18-,19+,25?/m1/s1. The van der Waals surface area contributed by atoms with Crippen LogP contribution in [0.15, 0.2) is 12.2 Å². The van der Waals surface area contributed by atoms with Crippen molar-refractivity contribution in [2.24, 2.45) is 11.8 Å². The topological polar surface area (TPSA) is 63.6 Å². The Bertz CT molecular complexity index is 463. The molecule has 25 heavy (non-hydrogen) atoms. The number of hydrogen-bond donors (Lipinski definition) is 1. The van der Waals surface area contributed by atoms with E-state index in [1.165, 1.54) is 12.8 Å². The third-order valence-electron chi connectivity index (χ3n) is 5.58. The zero-order chi connectivity index (χ0) is 18.1. The molecule has 0 amide bonds. The maximum Gasteiger partial charge on any atom is 0.303 e. The van der Waals surface area contributed by atoms with Crippen LogP contribution in [0, 0.1) is 11.8 Å². The number of allylic oxidation sites excluding steroid dienone is 2. The summed E-state index contributed by atoms with van der Waals surface area (Å²) in [5.74, 6) is 2.06. The number of fused-ring (bicyclic) bond motifs is 2. The van der Waals surface area contributed by atoms with E-state index in [2.05, 4.69) is 19.1 Å². The average Bonchev–Trinajstić information content (AvgIpc) is 3.17. The summed E-state index contributed by atoms with van der Waals surface area (Å²) in [7, 11) is -0.678. The van der Waals surface area contributed by atoms with Gasteiger partial charge in [-0.15, -0.1) is 0 Å². The van der Waals surface area contributed by atoms with Gasteiger partial charge >= 0.3 is 5.97 Å². The number of aliphatic carboxylic acids is 1. The lowest BCUT2D eigenvalue weighted by atomic mass is 9.76. The Morgan fingerprint density at radius 2 is 1.88 bits per heavy atom. The van der Waals surface area contributed by atoms with Crippen LogP contribution < -0.4 is 0 Å². The Morgan fingerprint density at radius 1 is 1.12 bits per heavy atom. The van der Waals surface area contributed by atoms with E-state index in [0.717, 1.165) is 50.0 Å². The summed E-state index contributed by atoms with van der Waals surface area (Å²) in [4.78, 5) is 10.5. The lowest BCUT2D eigenvalue weighted by molar-refractivity contribution is -0.137. The summed E-state index contributed by atoms with van der Waals surface area (Å²) in [6, 6.07) is 0. The predicted octanol–water partition coefficient (Wildman–Crippen LogP) is 4.31. The van der Waals surface area contributed by atoms with E-state index in [-0.39, 0.29) is 6.42 Å². The zero-order valence-corrected chi connectivity index (χ0v) is 16.3. The first-order valence-electron chi connectivity index (χ1n) is 9.99. The van der Waals surface area contributed by atoms with Crippen LogP contribution in [-0.2, 0) is 20.3 Å². The Labute approximate surface area is 154 Å². The molecule has 1 N–H and O–H groups in total. The van der Waals surface area contributed by atoms with Crippen molar-refractivity contribution in [2.45, 2.75) is 83.3 Å². The average molecular weight is 371 g/mol. The fourth-order valence-corrected chi connectivity index (χ4v) is 5.49. The Kier molecular flexibility index (Phi) is 9.18. The second kappa shape index (κ2) is 11.1. The molecule has 0 spiro atoms. The molecule has 2 saturated heterocycles. The highest BCUT2D eigenvalue weighted by molar-refractivity contribution is 7.84. The summed E-state index contributed by atoms with van der Waals surface area (Å²) in [6.07, 6.45) is 14.7. The van der Waals surface area contributed by atoms with Crippen LogP contribution in [0.3, 0.4) is 0 Å². The van der Waals surface area contributed by atoms with Gasteiger partial charge in [0.25, 0.3) is 0 Å². The van der Waals surface area contributed by atoms with Crippen LogP contribution in [0.1, 0.15) is 71.1 Å². The van der Waals surface area contributed by atoms with Crippen LogP contribution in [-0.4, -0.2) is 39.0 Å². The number of carboxylic acid groups (broad SMARTS) is 1. The summed E-state index contributed by atoms with van der Waals surface area (Å²) < 4.78 is 18.3. The number of ether oxygens (including phenoxy) is 1. The normalized spacial score (nSPS) is 29.5. The highest BCUT2D eigenvalue weighted by atomic mass is 32.2. The fraction of sp³-hybridized carbons (Fsp3) is 0.850.